The van der Waals surface area contributed by atoms with Crippen LogP contribution in [0.4, 0.5) is 17.3 Å². The molecule has 0 aliphatic rings. The molecule has 0 saturated carbocycles. The lowest BCUT2D eigenvalue weighted by atomic mass is 10.3. The first-order valence-electron chi connectivity index (χ1n) is 7.74. The van der Waals surface area contributed by atoms with E-state index in [0.717, 1.165) is 49.0 Å². The lowest BCUT2D eigenvalue weighted by Gasteiger charge is -2.22. The molecule has 1 N–H and O–H groups in total. The summed E-state index contributed by atoms with van der Waals surface area (Å²) in [6.45, 7) is 6.38. The molecule has 5 nitrogen and oxygen atoms in total. The van der Waals surface area contributed by atoms with Crippen molar-refractivity contribution in [2.45, 2.75) is 26.7 Å². The summed E-state index contributed by atoms with van der Waals surface area (Å²) >= 11 is 0. The van der Waals surface area contributed by atoms with Crippen molar-refractivity contribution >= 4 is 17.3 Å². The van der Waals surface area contributed by atoms with E-state index in [0.29, 0.717) is 0 Å². The fraction of sp³-hybridized carbons (Fsp3) is 0.412. The standard InChI is InChI=1S/C17H24N4O/c1-4-10-21(11-5-2)17-12-16(18-13-19-17)20-14-6-8-15(22-3)9-7-14/h6-9,12-13H,4-5,10-11H2,1-3H3,(H,18,19,20). The Kier molecular flexibility index (Phi) is 6.01. The maximum atomic E-state index is 5.16. The van der Waals surface area contributed by atoms with Crippen LogP contribution < -0.4 is 15.0 Å². The van der Waals surface area contributed by atoms with E-state index in [2.05, 4.69) is 34.0 Å². The largest absolute Gasteiger partial charge is 0.497 e. The van der Waals surface area contributed by atoms with Gasteiger partial charge < -0.3 is 15.0 Å². The van der Waals surface area contributed by atoms with Crippen molar-refractivity contribution in [3.8, 4) is 5.75 Å². The molecule has 0 spiro atoms. The minimum Gasteiger partial charge on any atom is -0.497 e. The molecule has 1 aromatic heterocycles. The number of hydrogen-bond acceptors (Lipinski definition) is 5. The highest BCUT2D eigenvalue weighted by Crippen LogP contribution is 2.21. The van der Waals surface area contributed by atoms with Crippen molar-refractivity contribution in [1.29, 1.82) is 0 Å². The predicted molar refractivity (Wildman–Crippen MR) is 91.1 cm³/mol. The SMILES string of the molecule is CCCN(CCC)c1cc(Nc2ccc(OC)cc2)ncn1. The van der Waals surface area contributed by atoms with Gasteiger partial charge in [-0.3, -0.25) is 0 Å². The molecule has 2 aromatic rings. The van der Waals surface area contributed by atoms with Gasteiger partial charge in [-0.1, -0.05) is 13.8 Å². The van der Waals surface area contributed by atoms with Crippen LogP contribution in [-0.4, -0.2) is 30.2 Å². The third-order valence-corrected chi connectivity index (χ3v) is 3.33. The van der Waals surface area contributed by atoms with Crippen LogP contribution in [0.2, 0.25) is 0 Å². The van der Waals surface area contributed by atoms with Gasteiger partial charge in [0.25, 0.3) is 0 Å². The second-order valence-electron chi connectivity index (χ2n) is 5.10. The van der Waals surface area contributed by atoms with Crippen LogP contribution in [0.15, 0.2) is 36.7 Å². The summed E-state index contributed by atoms with van der Waals surface area (Å²) in [5.41, 5.74) is 0.975. The van der Waals surface area contributed by atoms with Gasteiger partial charge >= 0.3 is 0 Å². The highest BCUT2D eigenvalue weighted by Gasteiger charge is 2.07. The Labute approximate surface area is 132 Å². The van der Waals surface area contributed by atoms with Gasteiger partial charge in [0.1, 0.15) is 23.7 Å². The third-order valence-electron chi connectivity index (χ3n) is 3.33. The quantitative estimate of drug-likeness (QED) is 0.802. The molecular formula is C17H24N4O. The molecule has 0 aliphatic heterocycles. The van der Waals surface area contributed by atoms with Gasteiger partial charge in [-0.2, -0.15) is 0 Å². The second-order valence-corrected chi connectivity index (χ2v) is 5.10. The van der Waals surface area contributed by atoms with E-state index in [9.17, 15) is 0 Å². The molecule has 0 amide bonds. The Balaban J connectivity index is 2.12. The van der Waals surface area contributed by atoms with Crippen molar-refractivity contribution in [2.75, 3.05) is 30.4 Å². The highest BCUT2D eigenvalue weighted by atomic mass is 16.5. The average molecular weight is 300 g/mol. The van der Waals surface area contributed by atoms with Crippen LogP contribution in [0.25, 0.3) is 0 Å². The molecule has 0 unspecified atom stereocenters. The number of anilines is 3. The average Bonchev–Trinajstić information content (AvgIpc) is 2.56. The van der Waals surface area contributed by atoms with E-state index in [1.165, 1.54) is 0 Å². The molecule has 2 rings (SSSR count). The smallest absolute Gasteiger partial charge is 0.135 e. The van der Waals surface area contributed by atoms with Crippen molar-refractivity contribution in [1.82, 2.24) is 9.97 Å². The Morgan fingerprint density at radius 2 is 1.73 bits per heavy atom. The predicted octanol–water partition coefficient (Wildman–Crippen LogP) is 3.86. The maximum Gasteiger partial charge on any atom is 0.135 e. The number of rotatable bonds is 8. The van der Waals surface area contributed by atoms with E-state index in [1.54, 1.807) is 13.4 Å². The second kappa shape index (κ2) is 8.22. The minimum absolute atomic E-state index is 0.798. The fourth-order valence-corrected chi connectivity index (χ4v) is 2.29. The van der Waals surface area contributed by atoms with E-state index in [1.807, 2.05) is 30.3 Å². The Hall–Kier alpha value is -2.30. The topological polar surface area (TPSA) is 50.3 Å². The van der Waals surface area contributed by atoms with Crippen molar-refractivity contribution < 1.29 is 4.74 Å². The zero-order valence-electron chi connectivity index (χ0n) is 13.5. The van der Waals surface area contributed by atoms with Crippen molar-refractivity contribution in [3.05, 3.63) is 36.7 Å². The lowest BCUT2D eigenvalue weighted by Crippen LogP contribution is -2.25. The van der Waals surface area contributed by atoms with Gasteiger partial charge in [-0.15, -0.1) is 0 Å². The molecule has 1 heterocycles. The molecule has 0 atom stereocenters. The zero-order chi connectivity index (χ0) is 15.8. The monoisotopic (exact) mass is 300 g/mol. The summed E-state index contributed by atoms with van der Waals surface area (Å²) in [5, 5.41) is 3.30. The summed E-state index contributed by atoms with van der Waals surface area (Å²) in [7, 11) is 1.66. The molecule has 22 heavy (non-hydrogen) atoms. The molecule has 0 radical (unpaired) electrons. The minimum atomic E-state index is 0.798. The highest BCUT2D eigenvalue weighted by molar-refractivity contribution is 5.60. The van der Waals surface area contributed by atoms with Gasteiger partial charge in [0, 0.05) is 24.8 Å². The molecule has 118 valence electrons. The first-order chi connectivity index (χ1) is 10.8. The Morgan fingerprint density at radius 3 is 2.32 bits per heavy atom. The molecule has 0 aliphatic carbocycles. The van der Waals surface area contributed by atoms with Crippen LogP contribution >= 0.6 is 0 Å². The summed E-state index contributed by atoms with van der Waals surface area (Å²) in [6, 6.07) is 9.78. The number of ether oxygens (including phenoxy) is 1. The number of nitrogens with zero attached hydrogens (tertiary/aromatic N) is 3. The molecular weight excluding hydrogens is 276 g/mol. The van der Waals surface area contributed by atoms with Crippen LogP contribution in [0.5, 0.6) is 5.75 Å². The molecule has 0 saturated heterocycles. The van der Waals surface area contributed by atoms with E-state index in [-0.39, 0.29) is 0 Å². The first kappa shape index (κ1) is 16.1. The van der Waals surface area contributed by atoms with Crippen LogP contribution in [0, 0.1) is 0 Å². The van der Waals surface area contributed by atoms with Crippen molar-refractivity contribution in [3.63, 3.8) is 0 Å². The van der Waals surface area contributed by atoms with E-state index in [4.69, 9.17) is 4.74 Å². The van der Waals surface area contributed by atoms with Gasteiger partial charge in [0.05, 0.1) is 7.11 Å². The number of aromatic nitrogens is 2. The lowest BCUT2D eigenvalue weighted by molar-refractivity contribution is 0.415. The van der Waals surface area contributed by atoms with Gasteiger partial charge in [0.15, 0.2) is 0 Å². The number of nitrogens with one attached hydrogen (secondary N) is 1. The first-order valence-corrected chi connectivity index (χ1v) is 7.74. The number of methoxy groups -OCH3 is 1. The fourth-order valence-electron chi connectivity index (χ4n) is 2.29. The van der Waals surface area contributed by atoms with Crippen molar-refractivity contribution in [2.24, 2.45) is 0 Å². The van der Waals surface area contributed by atoms with Gasteiger partial charge in [-0.05, 0) is 37.1 Å². The molecule has 5 heteroatoms. The molecule has 1 aromatic carbocycles. The van der Waals surface area contributed by atoms with Crippen LogP contribution in [-0.2, 0) is 0 Å². The van der Waals surface area contributed by atoms with Gasteiger partial charge in [0.2, 0.25) is 0 Å². The van der Waals surface area contributed by atoms with E-state index >= 15 is 0 Å². The van der Waals surface area contributed by atoms with Gasteiger partial charge in [-0.25, -0.2) is 9.97 Å². The number of hydrogen-bond donors (Lipinski definition) is 1. The Morgan fingerprint density at radius 1 is 1.05 bits per heavy atom. The van der Waals surface area contributed by atoms with Crippen LogP contribution in [0.1, 0.15) is 26.7 Å². The van der Waals surface area contributed by atoms with Crippen LogP contribution in [0.3, 0.4) is 0 Å². The normalized spacial score (nSPS) is 10.3. The zero-order valence-corrected chi connectivity index (χ0v) is 13.5. The number of benzene rings is 1. The maximum absolute atomic E-state index is 5.16. The summed E-state index contributed by atoms with van der Waals surface area (Å²) in [4.78, 5) is 11.0. The summed E-state index contributed by atoms with van der Waals surface area (Å²) in [5.74, 6) is 2.60. The molecule has 0 bridgehead atoms. The summed E-state index contributed by atoms with van der Waals surface area (Å²) < 4.78 is 5.16. The third kappa shape index (κ3) is 4.35. The molecule has 0 fully saturated rings. The Bertz CT molecular complexity index is 565. The summed E-state index contributed by atoms with van der Waals surface area (Å²) in [6.07, 6.45) is 3.82. The van der Waals surface area contributed by atoms with E-state index < -0.39 is 0 Å².